The molecule has 1 fully saturated rings. The van der Waals surface area contributed by atoms with Gasteiger partial charge in [0.25, 0.3) is 0 Å². The first-order valence-corrected chi connectivity index (χ1v) is 8.97. The molecule has 142 valence electrons. The van der Waals surface area contributed by atoms with Crippen molar-refractivity contribution in [2.45, 2.75) is 38.8 Å². The van der Waals surface area contributed by atoms with E-state index in [9.17, 15) is 0 Å². The van der Waals surface area contributed by atoms with Gasteiger partial charge >= 0.3 is 0 Å². The Morgan fingerprint density at radius 1 is 1.28 bits per heavy atom. The van der Waals surface area contributed by atoms with Crippen LogP contribution in [0.25, 0.3) is 0 Å². The maximum atomic E-state index is 5.67. The number of halogens is 1. The van der Waals surface area contributed by atoms with Gasteiger partial charge in [-0.3, -0.25) is 4.99 Å². The lowest BCUT2D eigenvalue weighted by Gasteiger charge is -2.24. The average Bonchev–Trinajstić information content (AvgIpc) is 3.07. The Kier molecular flexibility index (Phi) is 10.4. The fraction of sp³-hybridized carbons (Fsp3) is 0.632. The molecule has 1 aromatic rings. The third-order valence-corrected chi connectivity index (χ3v) is 4.37. The molecular weight excluding hydrogens is 427 g/mol. The van der Waals surface area contributed by atoms with Crippen LogP contribution in [-0.4, -0.2) is 57.3 Å². The molecule has 1 saturated heterocycles. The van der Waals surface area contributed by atoms with Gasteiger partial charge in [-0.2, -0.15) is 0 Å². The summed E-state index contributed by atoms with van der Waals surface area (Å²) in [5.74, 6) is 0.868. The Balaban J connectivity index is 0.00000312. The van der Waals surface area contributed by atoms with E-state index in [1.165, 1.54) is 11.1 Å². The summed E-state index contributed by atoms with van der Waals surface area (Å²) in [6.07, 6.45) is 2.61. The Labute approximate surface area is 169 Å². The highest BCUT2D eigenvalue weighted by atomic mass is 127. The van der Waals surface area contributed by atoms with Gasteiger partial charge in [0, 0.05) is 19.7 Å². The highest BCUT2D eigenvalue weighted by Gasteiger charge is 2.16. The minimum atomic E-state index is 0. The van der Waals surface area contributed by atoms with Gasteiger partial charge < -0.3 is 20.3 Å². The first-order valence-electron chi connectivity index (χ1n) is 8.97. The van der Waals surface area contributed by atoms with Crippen LogP contribution in [0.5, 0.6) is 0 Å². The third-order valence-electron chi connectivity index (χ3n) is 4.37. The molecule has 0 aromatic heterocycles. The average molecular weight is 460 g/mol. The van der Waals surface area contributed by atoms with Gasteiger partial charge in [0.1, 0.15) is 0 Å². The normalized spacial score (nSPS) is 18.8. The molecule has 0 bridgehead atoms. The molecule has 1 aliphatic heterocycles. The molecule has 0 amide bonds. The van der Waals surface area contributed by atoms with E-state index in [1.54, 1.807) is 0 Å². The van der Waals surface area contributed by atoms with E-state index in [-0.39, 0.29) is 30.0 Å². The summed E-state index contributed by atoms with van der Waals surface area (Å²) in [6.45, 7) is 7.49. The fourth-order valence-electron chi connectivity index (χ4n) is 2.89. The number of aryl methyl sites for hydroxylation is 1. The zero-order valence-corrected chi connectivity index (χ0v) is 18.2. The van der Waals surface area contributed by atoms with E-state index in [1.807, 2.05) is 0 Å². The quantitative estimate of drug-likeness (QED) is 0.373. The Morgan fingerprint density at radius 3 is 2.56 bits per heavy atom. The van der Waals surface area contributed by atoms with Gasteiger partial charge in [0.05, 0.1) is 18.7 Å². The van der Waals surface area contributed by atoms with Crippen molar-refractivity contribution in [3.05, 3.63) is 35.4 Å². The third kappa shape index (κ3) is 7.50. The molecule has 1 aromatic carbocycles. The Bertz CT molecular complexity index is 513. The molecule has 25 heavy (non-hydrogen) atoms. The van der Waals surface area contributed by atoms with Crippen LogP contribution in [0.3, 0.4) is 0 Å². The lowest BCUT2D eigenvalue weighted by molar-refractivity contribution is 0.114. The van der Waals surface area contributed by atoms with Crippen molar-refractivity contribution in [3.8, 4) is 0 Å². The van der Waals surface area contributed by atoms with E-state index >= 15 is 0 Å². The summed E-state index contributed by atoms with van der Waals surface area (Å²) in [6, 6.07) is 8.99. The molecule has 1 aliphatic rings. The minimum Gasteiger partial charge on any atom is -0.376 e. The van der Waals surface area contributed by atoms with Gasteiger partial charge in [-0.15, -0.1) is 24.0 Å². The number of aliphatic imine (C=N–C) groups is 1. The lowest BCUT2D eigenvalue weighted by Crippen LogP contribution is -2.41. The van der Waals surface area contributed by atoms with Crippen molar-refractivity contribution in [2.24, 2.45) is 4.99 Å². The molecule has 5 nitrogen and oxygen atoms in total. The second kappa shape index (κ2) is 11.7. The predicted octanol–water partition coefficient (Wildman–Crippen LogP) is 2.95. The summed E-state index contributed by atoms with van der Waals surface area (Å²) in [5.41, 5.74) is 2.58. The van der Waals surface area contributed by atoms with Crippen LogP contribution < -0.4 is 10.6 Å². The number of rotatable bonds is 7. The van der Waals surface area contributed by atoms with Gasteiger partial charge in [0.2, 0.25) is 0 Å². The lowest BCUT2D eigenvalue weighted by atomic mass is 10.0. The van der Waals surface area contributed by atoms with Crippen LogP contribution in [0, 0.1) is 6.92 Å². The van der Waals surface area contributed by atoms with Gasteiger partial charge in [0.15, 0.2) is 5.96 Å². The van der Waals surface area contributed by atoms with Crippen LogP contribution in [0.4, 0.5) is 0 Å². The van der Waals surface area contributed by atoms with Crippen molar-refractivity contribution in [3.63, 3.8) is 0 Å². The molecule has 0 radical (unpaired) electrons. The number of hydrogen-bond acceptors (Lipinski definition) is 3. The largest absolute Gasteiger partial charge is 0.376 e. The van der Waals surface area contributed by atoms with Crippen molar-refractivity contribution >= 4 is 29.9 Å². The zero-order chi connectivity index (χ0) is 17.4. The predicted molar refractivity (Wildman–Crippen MR) is 116 cm³/mol. The summed E-state index contributed by atoms with van der Waals surface area (Å²) in [7, 11) is 4.21. The van der Waals surface area contributed by atoms with Crippen molar-refractivity contribution < 1.29 is 4.74 Å². The number of nitrogens with one attached hydrogen (secondary N) is 2. The number of nitrogens with zero attached hydrogens (tertiary/aromatic N) is 2. The Morgan fingerprint density at radius 2 is 2.00 bits per heavy atom. The highest BCUT2D eigenvalue weighted by molar-refractivity contribution is 14.0. The molecule has 0 spiro atoms. The van der Waals surface area contributed by atoms with E-state index < -0.39 is 0 Å². The van der Waals surface area contributed by atoms with Crippen LogP contribution in [0.2, 0.25) is 0 Å². The van der Waals surface area contributed by atoms with Crippen LogP contribution in [0.1, 0.15) is 36.9 Å². The SMILES string of the molecule is CCNC(=NCC(c1ccc(C)cc1)N(C)C)NCC1CCCO1.I. The van der Waals surface area contributed by atoms with E-state index in [0.717, 1.165) is 45.0 Å². The second-order valence-electron chi connectivity index (χ2n) is 6.63. The highest BCUT2D eigenvalue weighted by Crippen LogP contribution is 2.19. The smallest absolute Gasteiger partial charge is 0.191 e. The Hall–Kier alpha value is -0.860. The maximum Gasteiger partial charge on any atom is 0.191 e. The molecule has 2 N–H and O–H groups in total. The standard InChI is InChI=1S/C19H32N4O.HI/c1-5-20-19(21-13-17-7-6-12-24-17)22-14-18(23(3)4)16-10-8-15(2)9-11-16;/h8-11,17-18H,5-7,12-14H2,1-4H3,(H2,20,21,22);1H. The molecule has 0 saturated carbocycles. The summed E-state index contributed by atoms with van der Waals surface area (Å²) < 4.78 is 5.67. The second-order valence-corrected chi connectivity index (χ2v) is 6.63. The first kappa shape index (κ1) is 22.2. The molecule has 2 rings (SSSR count). The molecule has 2 atom stereocenters. The number of ether oxygens (including phenoxy) is 1. The fourth-order valence-corrected chi connectivity index (χ4v) is 2.89. The monoisotopic (exact) mass is 460 g/mol. The number of hydrogen-bond donors (Lipinski definition) is 2. The summed E-state index contributed by atoms with van der Waals surface area (Å²) in [5, 5.41) is 6.74. The topological polar surface area (TPSA) is 48.9 Å². The number of benzene rings is 1. The molecular formula is C19H33IN4O. The molecule has 2 unspecified atom stereocenters. The summed E-state index contributed by atoms with van der Waals surface area (Å²) in [4.78, 5) is 7.01. The van der Waals surface area contributed by atoms with Crippen LogP contribution in [-0.2, 0) is 4.74 Å². The van der Waals surface area contributed by atoms with Crippen molar-refractivity contribution in [1.29, 1.82) is 0 Å². The van der Waals surface area contributed by atoms with E-state index in [2.05, 4.69) is 67.7 Å². The van der Waals surface area contributed by atoms with Crippen molar-refractivity contribution in [1.82, 2.24) is 15.5 Å². The summed E-state index contributed by atoms with van der Waals surface area (Å²) >= 11 is 0. The van der Waals surface area contributed by atoms with Gasteiger partial charge in [-0.25, -0.2) is 0 Å². The van der Waals surface area contributed by atoms with E-state index in [4.69, 9.17) is 9.73 Å². The first-order chi connectivity index (χ1) is 11.6. The van der Waals surface area contributed by atoms with Crippen LogP contribution >= 0.6 is 24.0 Å². The zero-order valence-electron chi connectivity index (χ0n) is 15.9. The van der Waals surface area contributed by atoms with Crippen molar-refractivity contribution in [2.75, 3.05) is 40.3 Å². The number of likely N-dealkylation sites (N-methyl/N-ethyl adjacent to an activating group) is 1. The molecule has 6 heteroatoms. The molecule has 0 aliphatic carbocycles. The number of guanidine groups is 1. The van der Waals surface area contributed by atoms with E-state index in [0.29, 0.717) is 6.10 Å². The molecule has 1 heterocycles. The van der Waals surface area contributed by atoms with Crippen LogP contribution in [0.15, 0.2) is 29.3 Å². The minimum absolute atomic E-state index is 0. The maximum absolute atomic E-state index is 5.67. The van der Waals surface area contributed by atoms with Gasteiger partial charge in [-0.1, -0.05) is 29.8 Å². The van der Waals surface area contributed by atoms with Gasteiger partial charge in [-0.05, 0) is 46.3 Å².